The molecule has 1 aromatic rings. The first-order valence-corrected chi connectivity index (χ1v) is 9.72. The number of carbonyl (C=O) groups excluding carboxylic acids is 3. The highest BCUT2D eigenvalue weighted by atomic mass is 16.5. The zero-order valence-corrected chi connectivity index (χ0v) is 15.3. The molecule has 7 nitrogen and oxygen atoms in total. The van der Waals surface area contributed by atoms with Gasteiger partial charge in [-0.1, -0.05) is 25.0 Å². The summed E-state index contributed by atoms with van der Waals surface area (Å²) < 4.78 is 6.11. The summed E-state index contributed by atoms with van der Waals surface area (Å²) in [5.74, 6) is 0.174. The summed E-state index contributed by atoms with van der Waals surface area (Å²) in [6.45, 7) is 0.440. The molecule has 2 heterocycles. The van der Waals surface area contributed by atoms with Crippen LogP contribution in [-0.2, 0) is 9.59 Å². The molecule has 7 heteroatoms. The van der Waals surface area contributed by atoms with Crippen LogP contribution in [0.3, 0.4) is 0 Å². The van der Waals surface area contributed by atoms with Crippen LogP contribution in [0.5, 0.6) is 5.75 Å². The third-order valence-electron chi connectivity index (χ3n) is 5.71. The van der Waals surface area contributed by atoms with Crippen molar-refractivity contribution in [1.82, 2.24) is 15.5 Å². The Labute approximate surface area is 158 Å². The molecule has 4 rings (SSSR count). The van der Waals surface area contributed by atoms with E-state index in [4.69, 9.17) is 4.74 Å². The Hall–Kier alpha value is -2.57. The molecule has 3 aliphatic rings. The predicted molar refractivity (Wildman–Crippen MR) is 98.1 cm³/mol. The normalized spacial score (nSPS) is 25.6. The van der Waals surface area contributed by atoms with Gasteiger partial charge in [0.2, 0.25) is 11.8 Å². The molecular formula is C20H25N3O4. The van der Waals surface area contributed by atoms with Gasteiger partial charge >= 0.3 is 0 Å². The molecule has 1 spiro atoms. The Kier molecular flexibility index (Phi) is 4.76. The number of benzene rings is 1. The third-order valence-corrected chi connectivity index (χ3v) is 5.71. The van der Waals surface area contributed by atoms with Crippen LogP contribution < -0.4 is 15.4 Å². The SMILES string of the molecule is O=C(CN1CC[C@@]2(CCC1=O)NC(=O)c1ccccc1O2)NC1CCCC1. The minimum Gasteiger partial charge on any atom is -0.467 e. The Bertz CT molecular complexity index is 759. The second-order valence-corrected chi connectivity index (χ2v) is 7.66. The van der Waals surface area contributed by atoms with Crippen LogP contribution in [-0.4, -0.2) is 47.5 Å². The van der Waals surface area contributed by atoms with E-state index in [1.165, 1.54) is 0 Å². The van der Waals surface area contributed by atoms with Gasteiger partial charge in [0.25, 0.3) is 5.91 Å². The number of nitrogens with one attached hydrogen (secondary N) is 2. The van der Waals surface area contributed by atoms with Crippen LogP contribution in [0, 0.1) is 0 Å². The van der Waals surface area contributed by atoms with E-state index in [2.05, 4.69) is 10.6 Å². The average molecular weight is 371 g/mol. The number of hydrogen-bond donors (Lipinski definition) is 2. The van der Waals surface area contributed by atoms with E-state index < -0.39 is 5.72 Å². The number of para-hydroxylation sites is 1. The summed E-state index contributed by atoms with van der Waals surface area (Å²) in [4.78, 5) is 38.9. The maximum Gasteiger partial charge on any atom is 0.258 e. The summed E-state index contributed by atoms with van der Waals surface area (Å²) in [5, 5.41) is 5.96. The molecule has 0 aromatic heterocycles. The largest absolute Gasteiger partial charge is 0.467 e. The van der Waals surface area contributed by atoms with E-state index in [0.717, 1.165) is 25.7 Å². The van der Waals surface area contributed by atoms with Crippen molar-refractivity contribution in [2.75, 3.05) is 13.1 Å². The first kappa shape index (κ1) is 17.8. The quantitative estimate of drug-likeness (QED) is 0.844. The first-order chi connectivity index (χ1) is 13.0. The van der Waals surface area contributed by atoms with Crippen LogP contribution >= 0.6 is 0 Å². The monoisotopic (exact) mass is 371 g/mol. The van der Waals surface area contributed by atoms with Crippen LogP contribution in [0.4, 0.5) is 0 Å². The first-order valence-electron chi connectivity index (χ1n) is 9.72. The molecule has 3 amide bonds. The molecule has 27 heavy (non-hydrogen) atoms. The second-order valence-electron chi connectivity index (χ2n) is 7.66. The lowest BCUT2D eigenvalue weighted by molar-refractivity contribution is -0.135. The maximum absolute atomic E-state index is 12.5. The molecule has 1 saturated heterocycles. The third kappa shape index (κ3) is 3.77. The fourth-order valence-electron chi connectivity index (χ4n) is 4.20. The van der Waals surface area contributed by atoms with Gasteiger partial charge in [-0.3, -0.25) is 14.4 Å². The van der Waals surface area contributed by atoms with E-state index in [0.29, 0.717) is 30.7 Å². The van der Waals surface area contributed by atoms with Gasteiger partial charge in [0.15, 0.2) is 5.72 Å². The van der Waals surface area contributed by atoms with Crippen molar-refractivity contribution in [2.24, 2.45) is 0 Å². The summed E-state index contributed by atoms with van der Waals surface area (Å²) >= 11 is 0. The second kappa shape index (κ2) is 7.21. The van der Waals surface area contributed by atoms with E-state index in [-0.39, 0.29) is 36.7 Å². The van der Waals surface area contributed by atoms with Crippen LogP contribution in [0.1, 0.15) is 55.3 Å². The van der Waals surface area contributed by atoms with Gasteiger partial charge in [0, 0.05) is 31.8 Å². The zero-order valence-electron chi connectivity index (χ0n) is 15.3. The molecule has 1 atom stereocenters. The van der Waals surface area contributed by atoms with Gasteiger partial charge in [-0.15, -0.1) is 0 Å². The molecule has 0 bridgehead atoms. The summed E-state index contributed by atoms with van der Waals surface area (Å²) in [5.41, 5.74) is -0.385. The van der Waals surface area contributed by atoms with Crippen molar-refractivity contribution in [1.29, 1.82) is 0 Å². The molecule has 2 fully saturated rings. The topological polar surface area (TPSA) is 87.7 Å². The van der Waals surface area contributed by atoms with Crippen LogP contribution in [0.2, 0.25) is 0 Å². The number of nitrogens with zero attached hydrogens (tertiary/aromatic N) is 1. The molecule has 1 saturated carbocycles. The number of fused-ring (bicyclic) bond motifs is 1. The number of amides is 3. The number of hydrogen-bond acceptors (Lipinski definition) is 4. The molecule has 1 aromatic carbocycles. The molecule has 1 aliphatic carbocycles. The standard InChI is InChI=1S/C20H25N3O4/c24-17(21-14-5-1-2-6-14)13-23-12-11-20(10-9-18(23)25)22-19(26)15-7-3-4-8-16(15)27-20/h3-4,7-8,14H,1-2,5-6,9-13H2,(H,21,24)(H,22,26)/t20-/m0/s1. The molecule has 2 aliphatic heterocycles. The van der Waals surface area contributed by atoms with Crippen LogP contribution in [0.15, 0.2) is 24.3 Å². The van der Waals surface area contributed by atoms with E-state index in [1.54, 1.807) is 23.1 Å². The number of likely N-dealkylation sites (tertiary alicyclic amines) is 1. The van der Waals surface area contributed by atoms with E-state index in [9.17, 15) is 14.4 Å². The minimum absolute atomic E-state index is 0.0654. The Morgan fingerprint density at radius 1 is 1.22 bits per heavy atom. The highest BCUT2D eigenvalue weighted by Crippen LogP contribution is 2.33. The molecule has 0 radical (unpaired) electrons. The van der Waals surface area contributed by atoms with Crippen molar-refractivity contribution >= 4 is 17.7 Å². The molecule has 0 unspecified atom stereocenters. The molecule has 144 valence electrons. The van der Waals surface area contributed by atoms with E-state index >= 15 is 0 Å². The zero-order chi connectivity index (χ0) is 18.9. The van der Waals surface area contributed by atoms with Crippen molar-refractivity contribution in [2.45, 2.75) is 56.7 Å². The van der Waals surface area contributed by atoms with Gasteiger partial charge in [-0.2, -0.15) is 0 Å². The highest BCUT2D eigenvalue weighted by Gasteiger charge is 2.42. The lowest BCUT2D eigenvalue weighted by Crippen LogP contribution is -2.56. The summed E-state index contributed by atoms with van der Waals surface area (Å²) in [6, 6.07) is 7.35. The van der Waals surface area contributed by atoms with E-state index in [1.807, 2.05) is 6.07 Å². The van der Waals surface area contributed by atoms with Crippen LogP contribution in [0.25, 0.3) is 0 Å². The lowest BCUT2D eigenvalue weighted by atomic mass is 10.0. The van der Waals surface area contributed by atoms with Crippen molar-refractivity contribution < 1.29 is 19.1 Å². The minimum atomic E-state index is -0.891. The fourth-order valence-corrected chi connectivity index (χ4v) is 4.20. The molecule has 2 N–H and O–H groups in total. The Balaban J connectivity index is 1.41. The van der Waals surface area contributed by atoms with Gasteiger partial charge in [0.05, 0.1) is 12.1 Å². The lowest BCUT2D eigenvalue weighted by Gasteiger charge is -2.38. The van der Waals surface area contributed by atoms with Crippen molar-refractivity contribution in [3.8, 4) is 5.75 Å². The van der Waals surface area contributed by atoms with Gasteiger partial charge in [0.1, 0.15) is 5.75 Å². The Morgan fingerprint density at radius 2 is 2.00 bits per heavy atom. The maximum atomic E-state index is 12.5. The number of ether oxygens (including phenoxy) is 1. The fraction of sp³-hybridized carbons (Fsp3) is 0.550. The van der Waals surface area contributed by atoms with Gasteiger partial charge < -0.3 is 20.3 Å². The number of carbonyl (C=O) groups is 3. The highest BCUT2D eigenvalue weighted by molar-refractivity contribution is 5.98. The summed E-state index contributed by atoms with van der Waals surface area (Å²) in [7, 11) is 0. The van der Waals surface area contributed by atoms with Crippen molar-refractivity contribution in [3.05, 3.63) is 29.8 Å². The Morgan fingerprint density at radius 3 is 2.81 bits per heavy atom. The molecular weight excluding hydrogens is 346 g/mol. The van der Waals surface area contributed by atoms with Gasteiger partial charge in [-0.05, 0) is 25.0 Å². The van der Waals surface area contributed by atoms with Crippen molar-refractivity contribution in [3.63, 3.8) is 0 Å². The smallest absolute Gasteiger partial charge is 0.258 e. The summed E-state index contributed by atoms with van der Waals surface area (Å²) in [6.07, 6.45) is 5.41. The average Bonchev–Trinajstić information content (AvgIpc) is 3.11. The van der Waals surface area contributed by atoms with Gasteiger partial charge in [-0.25, -0.2) is 0 Å². The number of rotatable bonds is 3. The predicted octanol–water partition coefficient (Wildman–Crippen LogP) is 1.58.